The van der Waals surface area contributed by atoms with Crippen LogP contribution in [0.3, 0.4) is 0 Å². The van der Waals surface area contributed by atoms with Gasteiger partial charge in [-0.3, -0.25) is 0 Å². The molecule has 0 saturated heterocycles. The molecule has 30 heavy (non-hydrogen) atoms. The van der Waals surface area contributed by atoms with Crippen LogP contribution in [0.15, 0.2) is 65.0 Å². The summed E-state index contributed by atoms with van der Waals surface area (Å²) in [5, 5.41) is 9.61. The van der Waals surface area contributed by atoms with E-state index in [1.54, 1.807) is 10.7 Å². The summed E-state index contributed by atoms with van der Waals surface area (Å²) in [6.07, 6.45) is 0. The number of anilines is 1. The second-order valence-electron chi connectivity index (χ2n) is 6.62. The second kappa shape index (κ2) is 8.71. The number of nitrogens with zero attached hydrogens (tertiary/aromatic N) is 3. The summed E-state index contributed by atoms with van der Waals surface area (Å²) >= 11 is 14.2. The minimum atomic E-state index is -0.551. The van der Waals surface area contributed by atoms with Gasteiger partial charge in [-0.1, -0.05) is 71.4 Å². The van der Waals surface area contributed by atoms with E-state index in [0.29, 0.717) is 38.2 Å². The molecule has 3 aromatic rings. The third-order valence-electron chi connectivity index (χ3n) is 4.75. The zero-order chi connectivity index (χ0) is 21.3. The smallest absolute Gasteiger partial charge is 0.338 e. The van der Waals surface area contributed by atoms with Gasteiger partial charge in [-0.05, 0) is 24.6 Å². The third kappa shape index (κ3) is 3.93. The van der Waals surface area contributed by atoms with Crippen LogP contribution in [0.25, 0.3) is 0 Å². The zero-order valence-corrected chi connectivity index (χ0v) is 18.6. The highest BCUT2D eigenvalue weighted by Crippen LogP contribution is 2.39. The number of thioether (sulfide) groups is 1. The van der Waals surface area contributed by atoms with Crippen LogP contribution in [0, 0.1) is 0 Å². The normalized spacial score (nSPS) is 15.5. The Morgan fingerprint density at radius 2 is 1.87 bits per heavy atom. The molecule has 1 N–H and O–H groups in total. The molecular formula is C21H18Cl2N4O2S. The Morgan fingerprint density at radius 1 is 1.17 bits per heavy atom. The maximum Gasteiger partial charge on any atom is 0.338 e. The molecule has 0 fully saturated rings. The first-order valence-corrected chi connectivity index (χ1v) is 10.9. The van der Waals surface area contributed by atoms with Crippen molar-refractivity contribution in [2.45, 2.75) is 23.9 Å². The van der Waals surface area contributed by atoms with E-state index in [1.807, 2.05) is 49.4 Å². The Hall–Kier alpha value is -2.48. The van der Waals surface area contributed by atoms with Gasteiger partial charge < -0.3 is 10.1 Å². The molecule has 6 nitrogen and oxygen atoms in total. The predicted octanol–water partition coefficient (Wildman–Crippen LogP) is 5.34. The van der Waals surface area contributed by atoms with E-state index in [1.165, 1.54) is 18.9 Å². The van der Waals surface area contributed by atoms with Crippen molar-refractivity contribution in [3.05, 3.63) is 81.0 Å². The predicted molar refractivity (Wildman–Crippen MR) is 119 cm³/mol. The van der Waals surface area contributed by atoms with E-state index in [-0.39, 0.29) is 0 Å². The Morgan fingerprint density at radius 3 is 2.57 bits per heavy atom. The van der Waals surface area contributed by atoms with Gasteiger partial charge in [-0.2, -0.15) is 4.98 Å². The Labute approximate surface area is 188 Å². The van der Waals surface area contributed by atoms with Crippen LogP contribution in [-0.2, 0) is 15.3 Å². The number of carbonyl (C=O) groups is 1. The van der Waals surface area contributed by atoms with Crippen molar-refractivity contribution < 1.29 is 9.53 Å². The van der Waals surface area contributed by atoms with Crippen LogP contribution in [0.4, 0.5) is 5.95 Å². The molecule has 0 radical (unpaired) electrons. The average molecular weight is 461 g/mol. The molecule has 0 amide bonds. The first-order chi connectivity index (χ1) is 14.5. The molecule has 0 spiro atoms. The van der Waals surface area contributed by atoms with Crippen molar-refractivity contribution in [1.82, 2.24) is 14.8 Å². The van der Waals surface area contributed by atoms with Crippen molar-refractivity contribution in [1.29, 1.82) is 0 Å². The summed E-state index contributed by atoms with van der Waals surface area (Å²) in [7, 11) is 1.36. The highest BCUT2D eigenvalue weighted by molar-refractivity contribution is 7.98. The van der Waals surface area contributed by atoms with Crippen LogP contribution in [-0.4, -0.2) is 27.8 Å². The average Bonchev–Trinajstić information content (AvgIpc) is 3.14. The molecule has 9 heteroatoms. The van der Waals surface area contributed by atoms with Gasteiger partial charge in [0, 0.05) is 27.1 Å². The van der Waals surface area contributed by atoms with Crippen LogP contribution in [0.2, 0.25) is 10.0 Å². The number of carbonyl (C=O) groups excluding carboxylic acids is 1. The number of methoxy groups -OCH3 is 1. The molecule has 1 aromatic heterocycles. The number of allylic oxidation sites excluding steroid dienone is 1. The fourth-order valence-electron chi connectivity index (χ4n) is 3.31. The van der Waals surface area contributed by atoms with Crippen molar-refractivity contribution in [3.8, 4) is 0 Å². The monoisotopic (exact) mass is 460 g/mol. The molecule has 4 rings (SSSR count). The summed E-state index contributed by atoms with van der Waals surface area (Å²) < 4.78 is 6.71. The molecule has 0 bridgehead atoms. The lowest BCUT2D eigenvalue weighted by Crippen LogP contribution is -2.29. The van der Waals surface area contributed by atoms with Crippen molar-refractivity contribution in [3.63, 3.8) is 0 Å². The van der Waals surface area contributed by atoms with Gasteiger partial charge in [-0.15, -0.1) is 5.10 Å². The molecule has 1 unspecified atom stereocenters. The van der Waals surface area contributed by atoms with E-state index >= 15 is 0 Å². The van der Waals surface area contributed by atoms with E-state index in [0.717, 1.165) is 11.1 Å². The zero-order valence-electron chi connectivity index (χ0n) is 16.2. The van der Waals surface area contributed by atoms with Crippen molar-refractivity contribution in [2.24, 2.45) is 0 Å². The topological polar surface area (TPSA) is 69.0 Å². The van der Waals surface area contributed by atoms with Crippen LogP contribution in [0.1, 0.15) is 24.1 Å². The Kier molecular flexibility index (Phi) is 6.04. The van der Waals surface area contributed by atoms with Gasteiger partial charge in [0.15, 0.2) is 0 Å². The number of benzene rings is 2. The van der Waals surface area contributed by atoms with Gasteiger partial charge in [-0.25, -0.2) is 9.48 Å². The summed E-state index contributed by atoms with van der Waals surface area (Å²) in [5.41, 5.74) is 2.83. The summed E-state index contributed by atoms with van der Waals surface area (Å²) in [4.78, 5) is 17.2. The summed E-state index contributed by atoms with van der Waals surface area (Å²) in [5.74, 6) is 0.707. The quantitative estimate of drug-likeness (QED) is 0.409. The molecule has 1 aliphatic rings. The number of aromatic nitrogens is 3. The lowest BCUT2D eigenvalue weighted by molar-refractivity contribution is -0.136. The maximum atomic E-state index is 12.6. The number of hydrogen-bond donors (Lipinski definition) is 1. The van der Waals surface area contributed by atoms with Gasteiger partial charge in [0.1, 0.15) is 6.04 Å². The van der Waals surface area contributed by atoms with Crippen LogP contribution in [0.5, 0.6) is 0 Å². The van der Waals surface area contributed by atoms with Gasteiger partial charge in [0.25, 0.3) is 0 Å². The van der Waals surface area contributed by atoms with Crippen LogP contribution >= 0.6 is 35.0 Å². The number of ether oxygens (including phenoxy) is 1. The number of halogens is 2. The second-order valence-corrected chi connectivity index (χ2v) is 8.38. The molecule has 0 saturated carbocycles. The number of nitrogens with one attached hydrogen (secondary N) is 1. The molecule has 1 aliphatic heterocycles. The molecule has 2 aromatic carbocycles. The minimum Gasteiger partial charge on any atom is -0.466 e. The molecule has 154 valence electrons. The summed E-state index contributed by atoms with van der Waals surface area (Å²) in [6, 6.07) is 14.5. The maximum absolute atomic E-state index is 12.6. The SMILES string of the molecule is COC(=O)C1=C(C)Nc2nc(SCc3ccccc3Cl)nn2C1c1ccccc1Cl. The standard InChI is InChI=1S/C21H18Cl2N4O2S/c1-12-17(19(28)29-2)18(14-8-4-6-10-16(14)23)27-20(24-12)25-21(26-27)30-11-13-7-3-5-9-15(13)22/h3-10,18H,11H2,1-2H3,(H,24,25,26). The summed E-state index contributed by atoms with van der Waals surface area (Å²) in [6.45, 7) is 1.81. The van der Waals surface area contributed by atoms with E-state index < -0.39 is 12.0 Å². The first-order valence-electron chi connectivity index (χ1n) is 9.13. The van der Waals surface area contributed by atoms with Crippen molar-refractivity contribution >= 4 is 46.9 Å². The van der Waals surface area contributed by atoms with Gasteiger partial charge in [0.2, 0.25) is 11.1 Å². The van der Waals surface area contributed by atoms with Crippen molar-refractivity contribution in [2.75, 3.05) is 12.4 Å². The molecule has 0 aliphatic carbocycles. The highest BCUT2D eigenvalue weighted by Gasteiger charge is 2.35. The third-order valence-corrected chi connectivity index (χ3v) is 6.35. The van der Waals surface area contributed by atoms with E-state index in [4.69, 9.17) is 27.9 Å². The van der Waals surface area contributed by atoms with E-state index in [2.05, 4.69) is 15.4 Å². The number of esters is 1. The molecular weight excluding hydrogens is 443 g/mol. The largest absolute Gasteiger partial charge is 0.466 e. The lowest BCUT2D eigenvalue weighted by Gasteiger charge is -2.28. The van der Waals surface area contributed by atoms with Crippen LogP contribution < -0.4 is 5.32 Å². The van der Waals surface area contributed by atoms with E-state index in [9.17, 15) is 4.79 Å². The number of fused-ring (bicyclic) bond motifs is 1. The van der Waals surface area contributed by atoms with Gasteiger partial charge in [0.05, 0.1) is 12.7 Å². The minimum absolute atomic E-state index is 0.436. The molecule has 1 atom stereocenters. The first kappa shape index (κ1) is 20.8. The number of hydrogen-bond acceptors (Lipinski definition) is 6. The fourth-order valence-corrected chi connectivity index (χ4v) is 4.66. The highest BCUT2D eigenvalue weighted by atomic mass is 35.5. The van der Waals surface area contributed by atoms with Gasteiger partial charge >= 0.3 is 5.97 Å². The Bertz CT molecular complexity index is 1150. The lowest BCUT2D eigenvalue weighted by atomic mass is 9.96. The number of rotatable bonds is 5. The fraction of sp³-hybridized carbons (Fsp3) is 0.190. The molecule has 2 heterocycles. The Balaban J connectivity index is 1.72.